The molecular weight excluding hydrogens is 464 g/mol. The van der Waals surface area contributed by atoms with Crippen LogP contribution in [0.5, 0.6) is 0 Å². The zero-order valence-electron chi connectivity index (χ0n) is 23.2. The fourth-order valence-corrected chi connectivity index (χ4v) is 5.44. The highest BCUT2D eigenvalue weighted by Crippen LogP contribution is 2.29. The summed E-state index contributed by atoms with van der Waals surface area (Å²) in [6.07, 6.45) is 5.70. The molecule has 4 rings (SSSR count). The van der Waals surface area contributed by atoms with Gasteiger partial charge in [0.05, 0.1) is 23.1 Å². The van der Waals surface area contributed by atoms with E-state index < -0.39 is 0 Å². The van der Waals surface area contributed by atoms with E-state index in [0.717, 1.165) is 54.9 Å². The van der Waals surface area contributed by atoms with E-state index >= 15 is 0 Å². The van der Waals surface area contributed by atoms with Gasteiger partial charge in [-0.2, -0.15) is 0 Å². The number of benzene rings is 1. The number of aryl methyl sites for hydroxylation is 3. The maximum atomic E-state index is 12.6. The molecule has 0 aliphatic carbocycles. The number of rotatable bonds is 9. The summed E-state index contributed by atoms with van der Waals surface area (Å²) in [5.74, 6) is 1.43. The van der Waals surface area contributed by atoms with Crippen LogP contribution in [0.1, 0.15) is 58.1 Å². The molecule has 0 unspecified atom stereocenters. The van der Waals surface area contributed by atoms with Gasteiger partial charge >= 0.3 is 5.97 Å². The molecule has 0 radical (unpaired) electrons. The van der Waals surface area contributed by atoms with E-state index in [-0.39, 0.29) is 29.5 Å². The number of nitrogens with one attached hydrogen (secondary N) is 1. The van der Waals surface area contributed by atoms with Gasteiger partial charge in [-0.1, -0.05) is 19.9 Å². The summed E-state index contributed by atoms with van der Waals surface area (Å²) in [7, 11) is 1.80. The van der Waals surface area contributed by atoms with E-state index in [1.165, 1.54) is 18.4 Å². The number of carbonyl (C=O) groups is 1. The van der Waals surface area contributed by atoms with Crippen LogP contribution in [0.25, 0.3) is 22.4 Å². The molecule has 200 valence electrons. The summed E-state index contributed by atoms with van der Waals surface area (Å²) in [5, 5.41) is 3.53. The maximum Gasteiger partial charge on any atom is 0.309 e. The summed E-state index contributed by atoms with van der Waals surface area (Å²) in [5.41, 5.74) is 4.91. The number of imidazole rings is 1. The van der Waals surface area contributed by atoms with Crippen LogP contribution >= 0.6 is 0 Å². The molecule has 3 aromatic rings. The third-order valence-electron chi connectivity index (χ3n) is 7.48. The van der Waals surface area contributed by atoms with Crippen molar-refractivity contribution < 1.29 is 9.53 Å². The molecule has 3 heterocycles. The van der Waals surface area contributed by atoms with Gasteiger partial charge in [0.1, 0.15) is 5.82 Å². The molecule has 0 saturated carbocycles. The Kier molecular flexibility index (Phi) is 8.53. The van der Waals surface area contributed by atoms with Gasteiger partial charge in [0.2, 0.25) is 0 Å². The molecule has 1 aliphatic rings. The van der Waals surface area contributed by atoms with Gasteiger partial charge in [0.25, 0.3) is 5.56 Å². The van der Waals surface area contributed by atoms with Gasteiger partial charge < -0.3 is 19.2 Å². The minimum Gasteiger partial charge on any atom is -0.463 e. The van der Waals surface area contributed by atoms with Crippen molar-refractivity contribution in [3.05, 3.63) is 51.9 Å². The van der Waals surface area contributed by atoms with Crippen molar-refractivity contribution in [1.82, 2.24) is 19.4 Å². The second kappa shape index (κ2) is 11.6. The van der Waals surface area contributed by atoms with Crippen molar-refractivity contribution in [3.63, 3.8) is 0 Å². The number of carbonyl (C=O) groups excluding carboxylic acids is 1. The predicted molar refractivity (Wildman–Crippen MR) is 149 cm³/mol. The number of nitrogens with zero attached hydrogens (tertiary/aromatic N) is 3. The fraction of sp³-hybridized carbons (Fsp3) is 0.567. The molecule has 0 amide bonds. The summed E-state index contributed by atoms with van der Waals surface area (Å²) >= 11 is 0. The van der Waals surface area contributed by atoms with Crippen LogP contribution in [-0.2, 0) is 29.5 Å². The minimum absolute atomic E-state index is 0.0147. The average Bonchev–Trinajstić information content (AvgIpc) is 3.19. The zero-order valence-corrected chi connectivity index (χ0v) is 23.2. The Morgan fingerprint density at radius 2 is 2.00 bits per heavy atom. The molecular formula is C30H42N4O3. The van der Waals surface area contributed by atoms with Crippen LogP contribution in [0.4, 0.5) is 0 Å². The molecule has 1 aliphatic heterocycles. The van der Waals surface area contributed by atoms with E-state index in [1.807, 2.05) is 33.0 Å². The Hall–Kier alpha value is -2.93. The number of fused-ring (bicyclic) bond motifs is 1. The summed E-state index contributed by atoms with van der Waals surface area (Å²) in [4.78, 5) is 30.1. The molecule has 1 N–H and O–H groups in total. The number of aromatic nitrogens is 3. The highest BCUT2D eigenvalue weighted by molar-refractivity contribution is 5.81. The number of hydrogen-bond donors (Lipinski definition) is 1. The number of pyridine rings is 1. The van der Waals surface area contributed by atoms with Gasteiger partial charge in [-0.15, -0.1) is 0 Å². The van der Waals surface area contributed by atoms with Crippen molar-refractivity contribution in [2.75, 3.05) is 13.1 Å². The molecule has 0 bridgehead atoms. The van der Waals surface area contributed by atoms with Crippen LogP contribution in [0.2, 0.25) is 0 Å². The number of esters is 1. The molecule has 7 nitrogen and oxygen atoms in total. The van der Waals surface area contributed by atoms with E-state index in [0.29, 0.717) is 11.5 Å². The normalized spacial score (nSPS) is 17.0. The molecule has 1 saturated heterocycles. The fourth-order valence-electron chi connectivity index (χ4n) is 5.44. The highest BCUT2D eigenvalue weighted by atomic mass is 16.5. The van der Waals surface area contributed by atoms with E-state index in [9.17, 15) is 9.59 Å². The topological polar surface area (TPSA) is 78.2 Å². The predicted octanol–water partition coefficient (Wildman–Crippen LogP) is 4.87. The molecule has 2 atom stereocenters. The third kappa shape index (κ3) is 6.32. The largest absolute Gasteiger partial charge is 0.463 e. The second-order valence-electron chi connectivity index (χ2n) is 11.3. The van der Waals surface area contributed by atoms with E-state index in [4.69, 9.17) is 9.72 Å². The van der Waals surface area contributed by atoms with Crippen LogP contribution < -0.4 is 10.9 Å². The van der Waals surface area contributed by atoms with Gasteiger partial charge in [-0.3, -0.25) is 9.59 Å². The number of ether oxygens (including phenoxy) is 1. The lowest BCUT2D eigenvalue weighted by molar-refractivity contribution is -0.154. The minimum atomic E-state index is -0.126. The smallest absolute Gasteiger partial charge is 0.309 e. The van der Waals surface area contributed by atoms with Gasteiger partial charge in [-0.25, -0.2) is 4.98 Å². The molecule has 7 heteroatoms. The van der Waals surface area contributed by atoms with Crippen molar-refractivity contribution in [2.45, 2.75) is 73.0 Å². The SMILES string of the molecule is Cc1cc(-c2nc3cc(CC[C@H](C(=O)OC(C)C)C(C)C)ccc3n2C[C@@H]2CCCNC2)cn(C)c1=O. The average molecular weight is 507 g/mol. The van der Waals surface area contributed by atoms with Gasteiger partial charge in [0, 0.05) is 30.9 Å². The quantitative estimate of drug-likeness (QED) is 0.419. The van der Waals surface area contributed by atoms with Gasteiger partial charge in [0.15, 0.2) is 0 Å². The first-order valence-electron chi connectivity index (χ1n) is 13.7. The Balaban J connectivity index is 1.67. The second-order valence-corrected chi connectivity index (χ2v) is 11.3. The molecule has 0 spiro atoms. The summed E-state index contributed by atoms with van der Waals surface area (Å²) in [6.45, 7) is 12.8. The molecule has 37 heavy (non-hydrogen) atoms. The van der Waals surface area contributed by atoms with Crippen LogP contribution in [-0.4, -0.2) is 39.3 Å². The molecule has 1 aromatic carbocycles. The van der Waals surface area contributed by atoms with E-state index in [2.05, 4.69) is 41.9 Å². The zero-order chi connectivity index (χ0) is 26.7. The Labute approximate surface area is 220 Å². The summed E-state index contributed by atoms with van der Waals surface area (Å²) in [6, 6.07) is 8.45. The maximum absolute atomic E-state index is 12.6. The first kappa shape index (κ1) is 27.1. The molecule has 1 fully saturated rings. The lowest BCUT2D eigenvalue weighted by atomic mass is 9.89. The van der Waals surface area contributed by atoms with Crippen molar-refractivity contribution in [2.24, 2.45) is 24.8 Å². The standard InChI is InChI=1S/C30H42N4O3/c1-19(2)25(30(36)37-20(3)4)11-9-22-10-12-27-26(15-22)32-28(24-14-21(5)29(35)33(6)18-24)34(27)17-23-8-7-13-31-16-23/h10,12,14-15,18-20,23,25,31H,7-9,11,13,16-17H2,1-6H3/t23-,25+/m1/s1. The van der Waals surface area contributed by atoms with Crippen molar-refractivity contribution in [3.8, 4) is 11.4 Å². The Morgan fingerprint density at radius 1 is 1.22 bits per heavy atom. The van der Waals surface area contributed by atoms with E-state index in [1.54, 1.807) is 11.6 Å². The number of piperidine rings is 1. The Morgan fingerprint density at radius 3 is 2.65 bits per heavy atom. The molecule has 2 aromatic heterocycles. The highest BCUT2D eigenvalue weighted by Gasteiger charge is 2.25. The van der Waals surface area contributed by atoms with Crippen LogP contribution in [0.3, 0.4) is 0 Å². The number of hydrogen-bond acceptors (Lipinski definition) is 5. The lowest BCUT2D eigenvalue weighted by Crippen LogP contribution is -2.32. The van der Waals surface area contributed by atoms with Crippen LogP contribution in [0.15, 0.2) is 35.3 Å². The van der Waals surface area contributed by atoms with Crippen molar-refractivity contribution in [1.29, 1.82) is 0 Å². The first-order valence-corrected chi connectivity index (χ1v) is 13.7. The van der Waals surface area contributed by atoms with Crippen LogP contribution in [0, 0.1) is 24.7 Å². The Bertz CT molecular complexity index is 1270. The summed E-state index contributed by atoms with van der Waals surface area (Å²) < 4.78 is 9.49. The monoisotopic (exact) mass is 506 g/mol. The van der Waals surface area contributed by atoms with Crippen molar-refractivity contribution >= 4 is 17.0 Å². The lowest BCUT2D eigenvalue weighted by Gasteiger charge is -2.24. The third-order valence-corrected chi connectivity index (χ3v) is 7.48. The van der Waals surface area contributed by atoms with Gasteiger partial charge in [-0.05, 0) is 95.1 Å². The first-order chi connectivity index (χ1) is 17.6.